The first-order chi connectivity index (χ1) is 27.7. The molecule has 2 N–H and O–H groups in total. The molecule has 13 nitrogen and oxygen atoms in total. The number of aromatic amines is 1. The van der Waals surface area contributed by atoms with Crippen molar-refractivity contribution in [2.24, 2.45) is 5.92 Å². The van der Waals surface area contributed by atoms with Crippen LogP contribution in [0.1, 0.15) is 98.5 Å². The number of rotatable bonds is 10. The molecule has 0 bridgehead atoms. The van der Waals surface area contributed by atoms with Gasteiger partial charge >= 0.3 is 0 Å². The smallest absolute Gasteiger partial charge is 0.255 e. The van der Waals surface area contributed by atoms with Crippen molar-refractivity contribution in [3.05, 3.63) is 65.2 Å². The maximum Gasteiger partial charge on any atom is 0.255 e. The summed E-state index contributed by atoms with van der Waals surface area (Å²) < 4.78 is 28.6. The number of piperidine rings is 3. The van der Waals surface area contributed by atoms with Gasteiger partial charge in [-0.2, -0.15) is 5.10 Å². The number of ether oxygens (including phenoxy) is 2. The number of anilines is 1. The fraction of sp³-hybridized carbons (Fsp3) is 0.535. The summed E-state index contributed by atoms with van der Waals surface area (Å²) in [5.74, 6) is 0.921. The second-order valence-electron chi connectivity index (χ2n) is 17.3. The van der Waals surface area contributed by atoms with Crippen molar-refractivity contribution >= 4 is 34.4 Å². The zero-order valence-corrected chi connectivity index (χ0v) is 32.3. The van der Waals surface area contributed by atoms with Crippen molar-refractivity contribution in [1.82, 2.24) is 35.3 Å². The van der Waals surface area contributed by atoms with Gasteiger partial charge in [-0.1, -0.05) is 6.07 Å². The third-order valence-corrected chi connectivity index (χ3v) is 13.5. The predicted octanol–water partition coefficient (Wildman–Crippen LogP) is 5.49. The number of fused-ring (bicyclic) bond motifs is 2. The summed E-state index contributed by atoms with van der Waals surface area (Å²) in [5, 5.41) is 11.0. The number of carbonyl (C=O) groups excluding carboxylic acids is 3. The second kappa shape index (κ2) is 14.5. The van der Waals surface area contributed by atoms with Crippen LogP contribution in [0, 0.1) is 11.7 Å². The number of imide groups is 1. The molecule has 298 valence electrons. The van der Waals surface area contributed by atoms with Crippen LogP contribution < -0.4 is 15.0 Å². The van der Waals surface area contributed by atoms with Crippen LogP contribution in [-0.4, -0.2) is 104 Å². The summed E-state index contributed by atoms with van der Waals surface area (Å²) in [6, 6.07) is 11.3. The molecule has 3 saturated heterocycles. The van der Waals surface area contributed by atoms with Gasteiger partial charge in [0.05, 0.1) is 29.6 Å². The number of H-pyrrole nitrogens is 1. The number of halogens is 1. The van der Waals surface area contributed by atoms with E-state index < -0.39 is 11.9 Å². The first kappa shape index (κ1) is 36.4. The second-order valence-corrected chi connectivity index (χ2v) is 17.3. The molecular formula is C43H49FN8O5. The fourth-order valence-corrected chi connectivity index (χ4v) is 9.55. The Morgan fingerprint density at radius 2 is 1.75 bits per heavy atom. The minimum atomic E-state index is -0.747. The van der Waals surface area contributed by atoms with E-state index in [2.05, 4.69) is 54.3 Å². The standard InChI is InChI=1S/C43H49FN8O5/c1-43(12-13-43)57-28-2-5-34-32(20-28)40(49-48-34)35-21-37(46-24-45-35)51-14-8-25(9-15-51)23-56-29-18-27(19-29)50-16-10-26(11-17-50)30-3-4-31-33(39(30)44)22-52(42(31)55)36-6-7-38(53)47-41(36)54/h2-5,20-21,24-27,29,36H,6-19,22-23H2,1H3,(H,48,49)(H,47,53,54). The molecule has 2 saturated carbocycles. The summed E-state index contributed by atoms with van der Waals surface area (Å²) >= 11 is 0. The first-order valence-corrected chi connectivity index (χ1v) is 20.7. The molecule has 2 aliphatic carbocycles. The van der Waals surface area contributed by atoms with Crippen molar-refractivity contribution in [3.8, 4) is 17.1 Å². The first-order valence-electron chi connectivity index (χ1n) is 20.7. The Kier molecular flexibility index (Phi) is 9.23. The van der Waals surface area contributed by atoms with E-state index in [1.54, 1.807) is 18.5 Å². The Labute approximate surface area is 330 Å². The molecule has 0 radical (unpaired) electrons. The molecule has 4 aliphatic heterocycles. The fourth-order valence-electron chi connectivity index (χ4n) is 9.55. The number of hydrogen-bond donors (Lipinski definition) is 2. The van der Waals surface area contributed by atoms with E-state index in [1.165, 1.54) is 4.90 Å². The van der Waals surface area contributed by atoms with Crippen molar-refractivity contribution in [2.75, 3.05) is 37.7 Å². The van der Waals surface area contributed by atoms with Gasteiger partial charge in [0.2, 0.25) is 11.8 Å². The molecule has 14 heteroatoms. The molecule has 6 heterocycles. The molecule has 2 aromatic carbocycles. The highest BCUT2D eigenvalue weighted by Crippen LogP contribution is 2.42. The molecule has 10 rings (SSSR count). The van der Waals surface area contributed by atoms with Crippen LogP contribution >= 0.6 is 0 Å². The van der Waals surface area contributed by atoms with Gasteiger partial charge in [0.1, 0.15) is 35.4 Å². The van der Waals surface area contributed by atoms with E-state index in [4.69, 9.17) is 9.47 Å². The predicted molar refractivity (Wildman–Crippen MR) is 209 cm³/mol. The van der Waals surface area contributed by atoms with E-state index in [1.807, 2.05) is 12.1 Å². The Bertz CT molecular complexity index is 2220. The Morgan fingerprint density at radius 1 is 0.947 bits per heavy atom. The third-order valence-electron chi connectivity index (χ3n) is 13.5. The lowest BCUT2D eigenvalue weighted by Gasteiger charge is -2.46. The summed E-state index contributed by atoms with van der Waals surface area (Å²) in [6.07, 6.45) is 10.4. The summed E-state index contributed by atoms with van der Waals surface area (Å²) in [4.78, 5) is 52.7. The van der Waals surface area contributed by atoms with Gasteiger partial charge in [0, 0.05) is 54.7 Å². The van der Waals surface area contributed by atoms with Crippen LogP contribution in [0.25, 0.3) is 22.3 Å². The Hall–Kier alpha value is -4.95. The highest BCUT2D eigenvalue weighted by atomic mass is 19.1. The molecule has 4 aromatic rings. The van der Waals surface area contributed by atoms with E-state index in [0.717, 1.165) is 118 Å². The van der Waals surface area contributed by atoms with Crippen molar-refractivity contribution < 1.29 is 28.2 Å². The zero-order valence-electron chi connectivity index (χ0n) is 32.3. The van der Waals surface area contributed by atoms with Crippen LogP contribution in [0.2, 0.25) is 0 Å². The molecular weight excluding hydrogens is 728 g/mol. The number of aromatic nitrogens is 4. The average molecular weight is 777 g/mol. The molecule has 1 atom stereocenters. The number of amides is 3. The SMILES string of the molecule is CC1(Oc2ccc3n[nH]c(-c4cc(N5CCC(COC6CC(N7CCC(c8ccc9c(c8F)CN(C8CCC(=O)NC8=O)C9=O)CC7)C6)CC5)ncn4)c3c2)CC1. The molecule has 1 unspecified atom stereocenters. The summed E-state index contributed by atoms with van der Waals surface area (Å²) in [5.41, 5.74) is 3.90. The van der Waals surface area contributed by atoms with Gasteiger partial charge < -0.3 is 24.2 Å². The van der Waals surface area contributed by atoms with E-state index >= 15 is 4.39 Å². The van der Waals surface area contributed by atoms with Crippen molar-refractivity contribution in [3.63, 3.8) is 0 Å². The maximum atomic E-state index is 15.9. The van der Waals surface area contributed by atoms with Crippen molar-refractivity contribution in [1.29, 1.82) is 0 Å². The van der Waals surface area contributed by atoms with Gasteiger partial charge in [-0.25, -0.2) is 14.4 Å². The van der Waals surface area contributed by atoms with E-state index in [0.29, 0.717) is 28.7 Å². The summed E-state index contributed by atoms with van der Waals surface area (Å²) in [6.45, 7) is 6.66. The minimum Gasteiger partial charge on any atom is -0.488 e. The monoisotopic (exact) mass is 776 g/mol. The number of nitrogens with one attached hydrogen (secondary N) is 2. The number of nitrogens with zero attached hydrogens (tertiary/aromatic N) is 6. The maximum absolute atomic E-state index is 15.9. The van der Waals surface area contributed by atoms with Gasteiger partial charge in [-0.3, -0.25) is 24.8 Å². The highest BCUT2D eigenvalue weighted by Gasteiger charge is 2.42. The minimum absolute atomic E-state index is 0.0498. The molecule has 0 spiro atoms. The zero-order chi connectivity index (χ0) is 38.8. The Morgan fingerprint density at radius 3 is 2.53 bits per heavy atom. The van der Waals surface area contributed by atoms with Crippen LogP contribution in [-0.2, 0) is 20.9 Å². The van der Waals surface area contributed by atoms with Gasteiger partial charge in [-0.05, 0) is 119 Å². The Balaban J connectivity index is 0.671. The third kappa shape index (κ3) is 7.04. The van der Waals surface area contributed by atoms with Crippen LogP contribution in [0.4, 0.5) is 10.2 Å². The highest BCUT2D eigenvalue weighted by molar-refractivity contribution is 6.05. The molecule has 5 fully saturated rings. The number of likely N-dealkylation sites (tertiary alicyclic amines) is 1. The van der Waals surface area contributed by atoms with E-state index in [9.17, 15) is 14.4 Å². The molecule has 6 aliphatic rings. The number of carbonyl (C=O) groups is 3. The molecule has 3 amide bonds. The summed E-state index contributed by atoms with van der Waals surface area (Å²) in [7, 11) is 0. The van der Waals surface area contributed by atoms with Crippen LogP contribution in [0.5, 0.6) is 5.75 Å². The van der Waals surface area contributed by atoms with Gasteiger partial charge in [0.25, 0.3) is 5.91 Å². The lowest BCUT2D eigenvalue weighted by Crippen LogP contribution is -2.52. The lowest BCUT2D eigenvalue weighted by molar-refractivity contribution is -0.136. The normalized spacial score (nSPS) is 25.4. The molecule has 2 aromatic heterocycles. The van der Waals surface area contributed by atoms with E-state index in [-0.39, 0.29) is 54.6 Å². The van der Waals surface area contributed by atoms with Crippen LogP contribution in [0.3, 0.4) is 0 Å². The van der Waals surface area contributed by atoms with Gasteiger partial charge in [0.15, 0.2) is 0 Å². The number of benzene rings is 2. The quantitative estimate of drug-likeness (QED) is 0.198. The van der Waals surface area contributed by atoms with Crippen LogP contribution in [0.15, 0.2) is 42.7 Å². The van der Waals surface area contributed by atoms with Gasteiger partial charge in [-0.15, -0.1) is 0 Å². The average Bonchev–Trinajstić information content (AvgIpc) is 3.62. The lowest BCUT2D eigenvalue weighted by atomic mass is 9.83. The molecule has 57 heavy (non-hydrogen) atoms. The largest absolute Gasteiger partial charge is 0.488 e. The number of hydrogen-bond acceptors (Lipinski definition) is 10. The topological polar surface area (TPSA) is 146 Å². The van der Waals surface area contributed by atoms with Crippen molar-refractivity contribution in [2.45, 2.75) is 107 Å².